The van der Waals surface area contributed by atoms with Crippen LogP contribution in [0.1, 0.15) is 36.0 Å². The Morgan fingerprint density at radius 1 is 1.30 bits per heavy atom. The summed E-state index contributed by atoms with van der Waals surface area (Å²) in [4.78, 5) is 22.8. The number of primary amides is 1. The van der Waals surface area contributed by atoms with E-state index in [4.69, 9.17) is 17.3 Å². The average Bonchev–Trinajstić information content (AvgIpc) is 2.38. The molecule has 0 bridgehead atoms. The summed E-state index contributed by atoms with van der Waals surface area (Å²) in [6.45, 7) is 0. The zero-order valence-electron chi connectivity index (χ0n) is 10.9. The Balaban J connectivity index is 2.27. The van der Waals surface area contributed by atoms with Gasteiger partial charge in [-0.05, 0) is 25.0 Å². The Bertz CT molecular complexity index is 533. The van der Waals surface area contributed by atoms with Gasteiger partial charge in [0.05, 0.1) is 16.5 Å². The average molecular weight is 297 g/mol. The van der Waals surface area contributed by atoms with Crippen molar-refractivity contribution in [3.63, 3.8) is 0 Å². The first-order chi connectivity index (χ1) is 9.50. The fourth-order valence-corrected chi connectivity index (χ4v) is 2.96. The van der Waals surface area contributed by atoms with Gasteiger partial charge in [0.25, 0.3) is 5.91 Å². The first kappa shape index (κ1) is 14.7. The lowest BCUT2D eigenvalue weighted by molar-refractivity contribution is -0.143. The smallest absolute Gasteiger partial charge is 0.308 e. The largest absolute Gasteiger partial charge is 0.481 e. The van der Waals surface area contributed by atoms with Crippen molar-refractivity contribution in [2.24, 2.45) is 11.7 Å². The van der Waals surface area contributed by atoms with Gasteiger partial charge in [0.1, 0.15) is 0 Å². The summed E-state index contributed by atoms with van der Waals surface area (Å²) in [5, 5.41) is 12.7. The van der Waals surface area contributed by atoms with Crippen LogP contribution in [0.15, 0.2) is 18.2 Å². The molecule has 0 radical (unpaired) electrons. The maximum atomic E-state index is 11.5. The van der Waals surface area contributed by atoms with Crippen LogP contribution in [-0.2, 0) is 4.79 Å². The van der Waals surface area contributed by atoms with Crippen molar-refractivity contribution in [1.82, 2.24) is 0 Å². The maximum Gasteiger partial charge on any atom is 0.308 e. The van der Waals surface area contributed by atoms with Crippen LogP contribution in [0.25, 0.3) is 0 Å². The van der Waals surface area contributed by atoms with Crippen LogP contribution < -0.4 is 11.1 Å². The second-order valence-electron chi connectivity index (χ2n) is 5.01. The van der Waals surface area contributed by atoms with E-state index in [-0.39, 0.29) is 16.6 Å². The molecule has 0 aromatic heterocycles. The minimum Gasteiger partial charge on any atom is -0.481 e. The lowest BCUT2D eigenvalue weighted by Crippen LogP contribution is -2.37. The lowest BCUT2D eigenvalue weighted by atomic mass is 9.84. The molecule has 1 fully saturated rings. The predicted molar refractivity (Wildman–Crippen MR) is 77.0 cm³/mol. The molecule has 5 nitrogen and oxygen atoms in total. The molecule has 0 spiro atoms. The quantitative estimate of drug-likeness (QED) is 0.796. The summed E-state index contributed by atoms with van der Waals surface area (Å²) in [5.74, 6) is -1.89. The number of benzene rings is 1. The van der Waals surface area contributed by atoms with Gasteiger partial charge in [-0.2, -0.15) is 0 Å². The van der Waals surface area contributed by atoms with Crippen LogP contribution in [-0.4, -0.2) is 23.0 Å². The van der Waals surface area contributed by atoms with Gasteiger partial charge < -0.3 is 16.2 Å². The Morgan fingerprint density at radius 3 is 2.65 bits per heavy atom. The highest BCUT2D eigenvalue weighted by Crippen LogP contribution is 2.30. The van der Waals surface area contributed by atoms with E-state index in [1.807, 2.05) is 0 Å². The fraction of sp³-hybridized carbons (Fsp3) is 0.429. The van der Waals surface area contributed by atoms with E-state index >= 15 is 0 Å². The van der Waals surface area contributed by atoms with E-state index in [0.29, 0.717) is 12.1 Å². The highest BCUT2D eigenvalue weighted by molar-refractivity contribution is 6.34. The van der Waals surface area contributed by atoms with Gasteiger partial charge in [-0.15, -0.1) is 0 Å². The number of carbonyl (C=O) groups excluding carboxylic acids is 1. The topological polar surface area (TPSA) is 92.4 Å². The number of hydrogen-bond donors (Lipinski definition) is 3. The molecule has 1 aromatic rings. The van der Waals surface area contributed by atoms with Crippen molar-refractivity contribution < 1.29 is 14.7 Å². The van der Waals surface area contributed by atoms with E-state index in [0.717, 1.165) is 19.3 Å². The van der Waals surface area contributed by atoms with Gasteiger partial charge >= 0.3 is 5.97 Å². The molecule has 2 atom stereocenters. The number of hydrogen-bond acceptors (Lipinski definition) is 3. The molecular weight excluding hydrogens is 280 g/mol. The summed E-state index contributed by atoms with van der Waals surface area (Å²) in [6.07, 6.45) is 3.27. The molecule has 108 valence electrons. The third-order valence-electron chi connectivity index (χ3n) is 3.68. The first-order valence-corrected chi connectivity index (χ1v) is 6.96. The molecule has 2 unspecified atom stereocenters. The standard InChI is InChI=1S/C14H17ClN2O3/c15-9-5-3-7-11(12(9)13(16)18)17-10-6-2-1-4-8(10)14(19)20/h3,5,7-8,10,17H,1-2,4,6H2,(H2,16,18)(H,19,20). The van der Waals surface area contributed by atoms with Crippen molar-refractivity contribution in [3.8, 4) is 0 Å². The van der Waals surface area contributed by atoms with Crippen molar-refractivity contribution in [3.05, 3.63) is 28.8 Å². The number of anilines is 1. The third-order valence-corrected chi connectivity index (χ3v) is 4.00. The Hall–Kier alpha value is -1.75. The van der Waals surface area contributed by atoms with E-state index in [2.05, 4.69) is 5.32 Å². The summed E-state index contributed by atoms with van der Waals surface area (Å²) >= 11 is 5.98. The molecule has 20 heavy (non-hydrogen) atoms. The van der Waals surface area contributed by atoms with Crippen LogP contribution in [0.2, 0.25) is 5.02 Å². The Labute approximate surface area is 122 Å². The van der Waals surface area contributed by atoms with Crippen LogP contribution in [0.3, 0.4) is 0 Å². The van der Waals surface area contributed by atoms with E-state index < -0.39 is 17.8 Å². The normalized spacial score (nSPS) is 22.2. The van der Waals surface area contributed by atoms with Gasteiger partial charge in [0.2, 0.25) is 0 Å². The molecule has 2 rings (SSSR count). The number of nitrogens with one attached hydrogen (secondary N) is 1. The van der Waals surface area contributed by atoms with E-state index in [1.54, 1.807) is 18.2 Å². The number of aliphatic carboxylic acids is 1. The molecule has 4 N–H and O–H groups in total. The molecule has 1 saturated carbocycles. The molecule has 1 aliphatic carbocycles. The van der Waals surface area contributed by atoms with Crippen molar-refractivity contribution in [2.75, 3.05) is 5.32 Å². The number of rotatable bonds is 4. The highest BCUT2D eigenvalue weighted by Gasteiger charge is 2.31. The molecule has 0 saturated heterocycles. The monoisotopic (exact) mass is 296 g/mol. The van der Waals surface area contributed by atoms with Crippen LogP contribution >= 0.6 is 11.6 Å². The van der Waals surface area contributed by atoms with Crippen molar-refractivity contribution in [1.29, 1.82) is 0 Å². The maximum absolute atomic E-state index is 11.5. The zero-order valence-corrected chi connectivity index (χ0v) is 11.7. The van der Waals surface area contributed by atoms with Gasteiger partial charge in [0.15, 0.2) is 0 Å². The molecule has 1 aliphatic rings. The van der Waals surface area contributed by atoms with Crippen LogP contribution in [0.5, 0.6) is 0 Å². The molecule has 1 amide bonds. The summed E-state index contributed by atoms with van der Waals surface area (Å²) in [7, 11) is 0. The SMILES string of the molecule is NC(=O)c1c(Cl)cccc1NC1CCCCC1C(=O)O. The lowest BCUT2D eigenvalue weighted by Gasteiger charge is -2.30. The summed E-state index contributed by atoms with van der Waals surface area (Å²) in [6, 6.07) is 4.77. The number of carboxylic acid groups (broad SMARTS) is 1. The van der Waals surface area contributed by atoms with Crippen molar-refractivity contribution in [2.45, 2.75) is 31.7 Å². The number of carboxylic acids is 1. The van der Waals surface area contributed by atoms with Gasteiger partial charge in [-0.3, -0.25) is 9.59 Å². The minimum atomic E-state index is -0.815. The minimum absolute atomic E-state index is 0.210. The number of halogens is 1. The van der Waals surface area contributed by atoms with Gasteiger partial charge in [-0.1, -0.05) is 30.5 Å². The second kappa shape index (κ2) is 6.13. The second-order valence-corrected chi connectivity index (χ2v) is 5.41. The number of nitrogens with two attached hydrogens (primary N) is 1. The van der Waals surface area contributed by atoms with Gasteiger partial charge in [-0.25, -0.2) is 0 Å². The number of carbonyl (C=O) groups is 2. The summed E-state index contributed by atoms with van der Waals surface area (Å²) < 4.78 is 0. The van der Waals surface area contributed by atoms with Crippen molar-refractivity contribution >= 4 is 29.2 Å². The molecule has 0 heterocycles. The van der Waals surface area contributed by atoms with E-state index in [9.17, 15) is 14.7 Å². The first-order valence-electron chi connectivity index (χ1n) is 6.58. The predicted octanol–water partition coefficient (Wildman–Crippen LogP) is 2.49. The molecule has 1 aromatic carbocycles. The molecular formula is C14H17ClN2O3. The molecule has 6 heteroatoms. The van der Waals surface area contributed by atoms with E-state index in [1.165, 1.54) is 0 Å². The highest BCUT2D eigenvalue weighted by atomic mass is 35.5. The zero-order chi connectivity index (χ0) is 14.7. The van der Waals surface area contributed by atoms with Crippen LogP contribution in [0, 0.1) is 5.92 Å². The fourth-order valence-electron chi connectivity index (χ4n) is 2.69. The molecule has 0 aliphatic heterocycles. The third kappa shape index (κ3) is 3.04. The van der Waals surface area contributed by atoms with Crippen LogP contribution in [0.4, 0.5) is 5.69 Å². The Morgan fingerprint density at radius 2 is 2.00 bits per heavy atom. The summed E-state index contributed by atoms with van der Waals surface area (Å²) in [5.41, 5.74) is 6.05. The Kier molecular flexibility index (Phi) is 4.49. The van der Waals surface area contributed by atoms with Gasteiger partial charge in [0, 0.05) is 11.7 Å². The number of amides is 1.